The SMILES string of the molecule is Nc1cccc2c1ccn2C(=O)c1cc2c(Br)cccc2o1. The summed E-state index contributed by atoms with van der Waals surface area (Å²) < 4.78 is 8.13. The molecule has 2 aromatic carbocycles. The zero-order valence-electron chi connectivity index (χ0n) is 11.4. The molecule has 0 saturated carbocycles. The lowest BCUT2D eigenvalue weighted by molar-refractivity contribution is 0.0940. The van der Waals surface area contributed by atoms with E-state index in [1.165, 1.54) is 0 Å². The van der Waals surface area contributed by atoms with Crippen molar-refractivity contribution >= 4 is 49.4 Å². The van der Waals surface area contributed by atoms with Gasteiger partial charge >= 0.3 is 0 Å². The zero-order chi connectivity index (χ0) is 15.3. The van der Waals surface area contributed by atoms with Gasteiger partial charge in [-0.25, -0.2) is 0 Å². The van der Waals surface area contributed by atoms with E-state index in [-0.39, 0.29) is 5.91 Å². The molecule has 0 fully saturated rings. The monoisotopic (exact) mass is 354 g/mol. The van der Waals surface area contributed by atoms with Gasteiger partial charge in [0.25, 0.3) is 5.91 Å². The Morgan fingerprint density at radius 1 is 1.09 bits per heavy atom. The first-order chi connectivity index (χ1) is 10.6. The molecule has 4 aromatic rings. The van der Waals surface area contributed by atoms with Crippen LogP contribution in [0.5, 0.6) is 0 Å². The minimum Gasteiger partial charge on any atom is -0.451 e. The topological polar surface area (TPSA) is 61.2 Å². The van der Waals surface area contributed by atoms with Gasteiger partial charge in [0.1, 0.15) is 5.58 Å². The van der Waals surface area contributed by atoms with Crippen molar-refractivity contribution in [3.8, 4) is 0 Å². The first-order valence-electron chi connectivity index (χ1n) is 6.73. The maximum Gasteiger partial charge on any atom is 0.298 e. The molecule has 0 bridgehead atoms. The number of carbonyl (C=O) groups excluding carboxylic acids is 1. The second kappa shape index (κ2) is 4.74. The van der Waals surface area contributed by atoms with E-state index in [9.17, 15) is 4.79 Å². The summed E-state index contributed by atoms with van der Waals surface area (Å²) in [5.74, 6) is 0.0746. The predicted octanol–water partition coefficient (Wildman–Crippen LogP) is 4.42. The van der Waals surface area contributed by atoms with Crippen LogP contribution in [0.4, 0.5) is 5.69 Å². The van der Waals surface area contributed by atoms with Gasteiger partial charge in [-0.15, -0.1) is 0 Å². The minimum absolute atomic E-state index is 0.219. The molecule has 108 valence electrons. The number of carbonyl (C=O) groups is 1. The lowest BCUT2D eigenvalue weighted by Gasteiger charge is -2.02. The van der Waals surface area contributed by atoms with Crippen LogP contribution >= 0.6 is 15.9 Å². The number of halogens is 1. The second-order valence-corrected chi connectivity index (χ2v) is 5.89. The van der Waals surface area contributed by atoms with Crippen molar-refractivity contribution in [1.29, 1.82) is 0 Å². The summed E-state index contributed by atoms with van der Waals surface area (Å²) >= 11 is 3.46. The molecule has 2 heterocycles. The van der Waals surface area contributed by atoms with Crippen LogP contribution in [-0.2, 0) is 0 Å². The van der Waals surface area contributed by atoms with Crippen LogP contribution in [0.3, 0.4) is 0 Å². The largest absolute Gasteiger partial charge is 0.451 e. The highest BCUT2D eigenvalue weighted by atomic mass is 79.9. The molecule has 0 aliphatic rings. The molecule has 2 aromatic heterocycles. The molecule has 0 radical (unpaired) electrons. The molecule has 4 nitrogen and oxygen atoms in total. The molecule has 0 amide bonds. The van der Waals surface area contributed by atoms with Crippen LogP contribution < -0.4 is 5.73 Å². The number of benzene rings is 2. The minimum atomic E-state index is -0.219. The first-order valence-corrected chi connectivity index (χ1v) is 7.53. The summed E-state index contributed by atoms with van der Waals surface area (Å²) in [6.07, 6.45) is 1.71. The molecule has 0 atom stereocenters. The number of hydrogen-bond donors (Lipinski definition) is 1. The summed E-state index contributed by atoms with van der Waals surface area (Å²) in [4.78, 5) is 12.7. The van der Waals surface area contributed by atoms with Crippen LogP contribution in [0.15, 0.2) is 63.6 Å². The zero-order valence-corrected chi connectivity index (χ0v) is 13.0. The van der Waals surface area contributed by atoms with E-state index < -0.39 is 0 Å². The number of hydrogen-bond acceptors (Lipinski definition) is 3. The third-order valence-electron chi connectivity index (χ3n) is 3.70. The van der Waals surface area contributed by atoms with E-state index in [2.05, 4.69) is 15.9 Å². The third-order valence-corrected chi connectivity index (χ3v) is 4.40. The number of furan rings is 1. The molecule has 0 unspecified atom stereocenters. The van der Waals surface area contributed by atoms with Crippen LogP contribution in [-0.4, -0.2) is 10.5 Å². The van der Waals surface area contributed by atoms with Crippen molar-refractivity contribution < 1.29 is 9.21 Å². The molecule has 0 aliphatic carbocycles. The fourth-order valence-electron chi connectivity index (χ4n) is 2.62. The molecule has 5 heteroatoms. The van der Waals surface area contributed by atoms with E-state index in [1.807, 2.05) is 42.5 Å². The highest BCUT2D eigenvalue weighted by molar-refractivity contribution is 9.10. The van der Waals surface area contributed by atoms with Gasteiger partial charge < -0.3 is 10.2 Å². The molecule has 0 saturated heterocycles. The van der Waals surface area contributed by atoms with Gasteiger partial charge in [0.2, 0.25) is 0 Å². The summed E-state index contributed by atoms with van der Waals surface area (Å²) in [5, 5.41) is 1.73. The maximum atomic E-state index is 12.7. The molecular formula is C17H11BrN2O2. The number of nitrogen functional groups attached to an aromatic ring is 1. The predicted molar refractivity (Wildman–Crippen MR) is 90.0 cm³/mol. The Bertz CT molecular complexity index is 1030. The second-order valence-electron chi connectivity index (χ2n) is 5.03. The number of nitrogens with zero attached hydrogens (tertiary/aromatic N) is 1. The van der Waals surface area contributed by atoms with Gasteiger partial charge in [-0.05, 0) is 36.4 Å². The van der Waals surface area contributed by atoms with Crippen LogP contribution in [0.1, 0.15) is 10.6 Å². The number of nitrogens with two attached hydrogens (primary N) is 1. The van der Waals surface area contributed by atoms with Gasteiger partial charge in [0, 0.05) is 27.1 Å². The van der Waals surface area contributed by atoms with Crippen molar-refractivity contribution in [2.24, 2.45) is 0 Å². The first kappa shape index (κ1) is 13.2. The molecule has 2 N–H and O–H groups in total. The Labute approximate surface area is 134 Å². The van der Waals surface area contributed by atoms with Crippen LogP contribution in [0.25, 0.3) is 21.9 Å². The average Bonchev–Trinajstić information content (AvgIpc) is 3.12. The van der Waals surface area contributed by atoms with Crippen LogP contribution in [0.2, 0.25) is 0 Å². The lowest BCUT2D eigenvalue weighted by Crippen LogP contribution is -2.09. The highest BCUT2D eigenvalue weighted by Crippen LogP contribution is 2.28. The van der Waals surface area contributed by atoms with Gasteiger partial charge in [-0.2, -0.15) is 0 Å². The van der Waals surface area contributed by atoms with Gasteiger partial charge in [-0.1, -0.05) is 28.1 Å². The van der Waals surface area contributed by atoms with Gasteiger partial charge in [0.15, 0.2) is 5.76 Å². The molecule has 4 rings (SSSR count). The van der Waals surface area contributed by atoms with Gasteiger partial charge in [-0.3, -0.25) is 9.36 Å². The number of rotatable bonds is 1. The smallest absolute Gasteiger partial charge is 0.298 e. The van der Waals surface area contributed by atoms with Gasteiger partial charge in [0.05, 0.1) is 5.52 Å². The summed E-state index contributed by atoms with van der Waals surface area (Å²) in [6.45, 7) is 0. The van der Waals surface area contributed by atoms with Crippen molar-refractivity contribution in [1.82, 2.24) is 4.57 Å². The molecule has 0 spiro atoms. The van der Waals surface area contributed by atoms with Crippen LogP contribution in [0, 0.1) is 0 Å². The van der Waals surface area contributed by atoms with Crippen molar-refractivity contribution in [3.63, 3.8) is 0 Å². The fraction of sp³-hybridized carbons (Fsp3) is 0. The standard InChI is InChI=1S/C17H11BrN2O2/c18-12-3-1-6-15-11(12)9-16(22-15)17(21)20-8-7-10-13(19)4-2-5-14(10)20/h1-9H,19H2. The maximum absolute atomic E-state index is 12.7. The normalized spacial score (nSPS) is 11.3. The average molecular weight is 355 g/mol. The van der Waals surface area contributed by atoms with Crippen molar-refractivity contribution in [2.45, 2.75) is 0 Å². The van der Waals surface area contributed by atoms with E-state index in [4.69, 9.17) is 10.2 Å². The summed E-state index contributed by atoms with van der Waals surface area (Å²) in [6, 6.07) is 14.7. The number of fused-ring (bicyclic) bond motifs is 2. The highest BCUT2D eigenvalue weighted by Gasteiger charge is 2.17. The number of anilines is 1. The van der Waals surface area contributed by atoms with E-state index in [0.29, 0.717) is 17.0 Å². The Morgan fingerprint density at radius 3 is 2.73 bits per heavy atom. The fourth-order valence-corrected chi connectivity index (χ4v) is 3.08. The molecular weight excluding hydrogens is 344 g/mol. The van der Waals surface area contributed by atoms with E-state index in [0.717, 1.165) is 20.8 Å². The van der Waals surface area contributed by atoms with E-state index >= 15 is 0 Å². The summed E-state index contributed by atoms with van der Waals surface area (Å²) in [5.41, 5.74) is 8.03. The molecule has 22 heavy (non-hydrogen) atoms. The lowest BCUT2D eigenvalue weighted by atomic mass is 10.2. The quantitative estimate of drug-likeness (QED) is 0.514. The Balaban J connectivity index is 1.88. The van der Waals surface area contributed by atoms with E-state index in [1.54, 1.807) is 16.8 Å². The Kier molecular flexibility index (Phi) is 2.84. The molecule has 0 aliphatic heterocycles. The van der Waals surface area contributed by atoms with Crippen molar-refractivity contribution in [3.05, 3.63) is 65.0 Å². The Morgan fingerprint density at radius 2 is 1.91 bits per heavy atom. The van der Waals surface area contributed by atoms with Crippen molar-refractivity contribution in [2.75, 3.05) is 5.73 Å². The number of aromatic nitrogens is 1. The Hall–Kier alpha value is -2.53. The summed E-state index contributed by atoms with van der Waals surface area (Å²) in [7, 11) is 0. The third kappa shape index (κ3) is 1.86.